The third-order valence-electron chi connectivity index (χ3n) is 1.51. The Balaban J connectivity index is 0.000000605. The average molecular weight is 165 g/mol. The molecule has 0 spiro atoms. The minimum absolute atomic E-state index is 0. The van der Waals surface area contributed by atoms with Crippen LogP contribution in [0, 0.1) is 6.92 Å². The summed E-state index contributed by atoms with van der Waals surface area (Å²) in [5.41, 5.74) is 2.42. The van der Waals surface area contributed by atoms with Crippen molar-refractivity contribution in [1.29, 1.82) is 0 Å². The van der Waals surface area contributed by atoms with E-state index in [1.54, 1.807) is 0 Å². The van der Waals surface area contributed by atoms with Crippen LogP contribution < -0.4 is 0 Å². The van der Waals surface area contributed by atoms with Gasteiger partial charge in [-0.2, -0.15) is 0 Å². The minimum atomic E-state index is 0. The van der Waals surface area contributed by atoms with Crippen LogP contribution in [-0.2, 0) is 0 Å². The maximum absolute atomic E-state index is 4.38. The van der Waals surface area contributed by atoms with Gasteiger partial charge in [-0.05, 0) is 19.1 Å². The first-order chi connectivity index (χ1) is 4.86. The molecule has 2 heteroatoms. The second kappa shape index (κ2) is 3.06. The highest BCUT2D eigenvalue weighted by Gasteiger charge is 1.94. The highest BCUT2D eigenvalue weighted by Crippen LogP contribution is 2.25. The van der Waals surface area contributed by atoms with E-state index in [-0.39, 0.29) is 7.43 Å². The molecule has 0 radical (unpaired) electrons. The number of benzene rings is 1. The number of nitrogens with zero attached hydrogens (tertiary/aromatic N) is 1. The molecular formula is C9H12NP. The molecule has 1 atom stereocenters. The van der Waals surface area contributed by atoms with Crippen molar-refractivity contribution in [2.75, 3.05) is 0 Å². The number of para-hydroxylation sites is 1. The van der Waals surface area contributed by atoms with E-state index in [4.69, 9.17) is 0 Å². The van der Waals surface area contributed by atoms with Gasteiger partial charge in [0.2, 0.25) is 0 Å². The normalized spacial score (nSPS) is 10.3. The van der Waals surface area contributed by atoms with Crippen molar-refractivity contribution in [2.24, 2.45) is 0 Å². The summed E-state index contributed by atoms with van der Waals surface area (Å²) in [5.74, 6) is 0. The molecule has 0 aliphatic heterocycles. The van der Waals surface area contributed by atoms with Crippen molar-refractivity contribution in [1.82, 2.24) is 4.98 Å². The van der Waals surface area contributed by atoms with Crippen molar-refractivity contribution in [3.8, 4) is 0 Å². The van der Waals surface area contributed by atoms with E-state index >= 15 is 0 Å². The largest absolute Gasteiger partial charge is 0.249 e. The zero-order chi connectivity index (χ0) is 6.97. The highest BCUT2D eigenvalue weighted by molar-refractivity contribution is 7.37. The summed E-state index contributed by atoms with van der Waals surface area (Å²) in [6.07, 6.45) is 0. The molecule has 0 aliphatic carbocycles. The van der Waals surface area contributed by atoms with Crippen LogP contribution in [0.3, 0.4) is 0 Å². The summed E-state index contributed by atoms with van der Waals surface area (Å²) < 4.78 is 0. The van der Waals surface area contributed by atoms with E-state index in [9.17, 15) is 0 Å². The van der Waals surface area contributed by atoms with Gasteiger partial charge in [0.15, 0.2) is 0 Å². The van der Waals surface area contributed by atoms with Crippen molar-refractivity contribution in [3.63, 3.8) is 0 Å². The van der Waals surface area contributed by atoms with Crippen LogP contribution in [0.4, 0.5) is 0 Å². The Bertz CT molecular complexity index is 318. The third-order valence-corrected chi connectivity index (χ3v) is 2.67. The molecule has 0 bridgehead atoms. The predicted molar refractivity (Wildman–Crippen MR) is 52.7 cm³/mol. The Hall–Kier alpha value is -0.810. The van der Waals surface area contributed by atoms with Crippen molar-refractivity contribution >= 4 is 18.8 Å². The highest BCUT2D eigenvalue weighted by atomic mass is 31.0. The fourth-order valence-corrected chi connectivity index (χ4v) is 2.09. The number of rotatable bonds is 0. The topological polar surface area (TPSA) is 12.9 Å². The van der Waals surface area contributed by atoms with Gasteiger partial charge in [-0.3, -0.25) is 0 Å². The Labute approximate surface area is 68.6 Å². The first-order valence-electron chi connectivity index (χ1n) is 3.27. The summed E-state index contributed by atoms with van der Waals surface area (Å²) >= 11 is 0. The number of fused-ring (bicyclic) bond motifs is 1. The van der Waals surface area contributed by atoms with Crippen molar-refractivity contribution in [2.45, 2.75) is 14.4 Å². The molecule has 1 unspecified atom stereocenters. The monoisotopic (exact) mass is 165 g/mol. The third kappa shape index (κ3) is 1.44. The van der Waals surface area contributed by atoms with Gasteiger partial charge in [0.1, 0.15) is 0 Å². The lowest BCUT2D eigenvalue weighted by molar-refractivity contribution is 1.35. The number of aryl methyl sites for hydroxylation is 1. The molecule has 0 N–H and O–H groups in total. The molecule has 1 nitrogen and oxygen atoms in total. The maximum atomic E-state index is 4.38. The Morgan fingerprint density at radius 3 is 2.73 bits per heavy atom. The smallest absolute Gasteiger partial charge is 0.0746 e. The summed E-state index contributed by atoms with van der Waals surface area (Å²) in [7, 11) is 0.803. The van der Waals surface area contributed by atoms with Gasteiger partial charge in [0.25, 0.3) is 0 Å². The van der Waals surface area contributed by atoms with Gasteiger partial charge in [-0.1, -0.05) is 19.6 Å². The van der Waals surface area contributed by atoms with Crippen LogP contribution >= 0.6 is 8.19 Å². The Morgan fingerprint density at radius 1 is 1.27 bits per heavy atom. The zero-order valence-electron chi connectivity index (χ0n) is 5.76. The van der Waals surface area contributed by atoms with Gasteiger partial charge in [-0.25, -0.2) is 4.98 Å². The van der Waals surface area contributed by atoms with E-state index in [0.717, 1.165) is 8.19 Å². The lowest BCUT2D eigenvalue weighted by Gasteiger charge is -1.81. The number of aromatic nitrogens is 1. The fourth-order valence-electron chi connectivity index (χ4n) is 1.08. The Kier molecular flexibility index (Phi) is 2.31. The second-order valence-electron chi connectivity index (χ2n) is 2.34. The van der Waals surface area contributed by atoms with Crippen molar-refractivity contribution < 1.29 is 0 Å². The van der Waals surface area contributed by atoms with Crippen LogP contribution in [0.15, 0.2) is 24.3 Å². The molecule has 58 valence electrons. The first kappa shape index (κ1) is 8.29. The summed E-state index contributed by atoms with van der Waals surface area (Å²) in [6.45, 7) is 2.08. The molecule has 1 aromatic heterocycles. The maximum Gasteiger partial charge on any atom is 0.0746 e. The SMILES string of the molecule is C.Cc1nc2ccccc2[pH]1. The fraction of sp³-hybridized carbons (Fsp3) is 0.222. The second-order valence-corrected chi connectivity index (χ2v) is 3.85. The molecular weight excluding hydrogens is 153 g/mol. The van der Waals surface area contributed by atoms with E-state index < -0.39 is 0 Å². The van der Waals surface area contributed by atoms with E-state index in [1.807, 2.05) is 6.07 Å². The minimum Gasteiger partial charge on any atom is -0.249 e. The molecule has 0 fully saturated rings. The van der Waals surface area contributed by atoms with Gasteiger partial charge < -0.3 is 0 Å². The molecule has 0 amide bonds. The van der Waals surface area contributed by atoms with E-state index in [1.165, 1.54) is 16.1 Å². The van der Waals surface area contributed by atoms with Crippen molar-refractivity contribution in [3.05, 3.63) is 29.7 Å². The van der Waals surface area contributed by atoms with Gasteiger partial charge in [0.05, 0.1) is 10.9 Å². The van der Waals surface area contributed by atoms with Crippen LogP contribution in [0.5, 0.6) is 0 Å². The van der Waals surface area contributed by atoms with Gasteiger partial charge in [0, 0.05) is 5.12 Å². The number of hydrogen-bond acceptors (Lipinski definition) is 1. The van der Waals surface area contributed by atoms with Crippen LogP contribution in [-0.4, -0.2) is 4.98 Å². The molecule has 2 rings (SSSR count). The van der Waals surface area contributed by atoms with E-state index in [2.05, 4.69) is 30.1 Å². The zero-order valence-corrected chi connectivity index (χ0v) is 6.76. The first-order valence-corrected chi connectivity index (χ1v) is 4.27. The molecule has 0 aliphatic rings. The number of hydrogen-bond donors (Lipinski definition) is 0. The average Bonchev–Trinajstić information content (AvgIpc) is 2.27. The summed E-state index contributed by atoms with van der Waals surface area (Å²) in [6, 6.07) is 8.32. The molecule has 2 aromatic rings. The van der Waals surface area contributed by atoms with Crippen LogP contribution in [0.2, 0.25) is 0 Å². The van der Waals surface area contributed by atoms with E-state index in [0.29, 0.717) is 0 Å². The molecule has 1 aromatic carbocycles. The molecule has 11 heavy (non-hydrogen) atoms. The lowest BCUT2D eigenvalue weighted by Crippen LogP contribution is -1.65. The quantitative estimate of drug-likeness (QED) is 0.584. The standard InChI is InChI=1S/C8H8NP.CH4/c1-6-9-7-4-2-3-5-8(7)10-6;/h2-5,10H,1H3;1H4. The predicted octanol–water partition coefficient (Wildman–Crippen LogP) is 3.21. The van der Waals surface area contributed by atoms with Crippen LogP contribution in [0.1, 0.15) is 12.9 Å². The Morgan fingerprint density at radius 2 is 2.00 bits per heavy atom. The lowest BCUT2D eigenvalue weighted by atomic mass is 10.3. The molecule has 0 saturated carbocycles. The van der Waals surface area contributed by atoms with Gasteiger partial charge in [-0.15, -0.1) is 8.19 Å². The summed E-state index contributed by atoms with van der Waals surface area (Å²) in [4.78, 5) is 4.38. The molecule has 1 heterocycles. The molecule has 0 saturated heterocycles. The summed E-state index contributed by atoms with van der Waals surface area (Å²) in [5, 5.41) is 1.39. The van der Waals surface area contributed by atoms with Crippen LogP contribution in [0.25, 0.3) is 10.6 Å². The van der Waals surface area contributed by atoms with Gasteiger partial charge >= 0.3 is 0 Å².